The van der Waals surface area contributed by atoms with E-state index in [0.29, 0.717) is 6.54 Å². The van der Waals surface area contributed by atoms with Gasteiger partial charge in [0.05, 0.1) is 11.7 Å². The number of nitrogens with zero attached hydrogens (tertiary/aromatic N) is 1. The van der Waals surface area contributed by atoms with Crippen molar-refractivity contribution in [2.24, 2.45) is 0 Å². The first-order valence-corrected chi connectivity index (χ1v) is 5.53. The van der Waals surface area contributed by atoms with Gasteiger partial charge in [-0.15, -0.1) is 0 Å². The van der Waals surface area contributed by atoms with Crippen LogP contribution in [0.1, 0.15) is 26.5 Å². The SMILES string of the molecule is CC(C)NC(=O)C(C)NCc1ccccn1. The van der Waals surface area contributed by atoms with E-state index in [-0.39, 0.29) is 18.0 Å². The van der Waals surface area contributed by atoms with Crippen LogP contribution in [0.3, 0.4) is 0 Å². The Bertz CT molecular complexity index is 324. The maximum absolute atomic E-state index is 11.6. The predicted molar refractivity (Wildman–Crippen MR) is 63.8 cm³/mol. The molecule has 16 heavy (non-hydrogen) atoms. The van der Waals surface area contributed by atoms with E-state index in [1.54, 1.807) is 6.20 Å². The number of amides is 1. The zero-order chi connectivity index (χ0) is 12.0. The molecule has 1 heterocycles. The molecule has 0 radical (unpaired) electrons. The topological polar surface area (TPSA) is 54.0 Å². The maximum Gasteiger partial charge on any atom is 0.237 e. The minimum atomic E-state index is -0.204. The van der Waals surface area contributed by atoms with Gasteiger partial charge in [-0.2, -0.15) is 0 Å². The molecule has 0 spiro atoms. The molecule has 2 N–H and O–H groups in total. The van der Waals surface area contributed by atoms with Gasteiger partial charge in [-0.25, -0.2) is 0 Å². The van der Waals surface area contributed by atoms with E-state index in [4.69, 9.17) is 0 Å². The van der Waals surface area contributed by atoms with Crippen molar-refractivity contribution in [3.8, 4) is 0 Å². The molecule has 1 aromatic rings. The normalized spacial score (nSPS) is 12.5. The van der Waals surface area contributed by atoms with Gasteiger partial charge < -0.3 is 10.6 Å². The molecule has 4 nitrogen and oxygen atoms in total. The third-order valence-electron chi connectivity index (χ3n) is 2.14. The molecule has 1 atom stereocenters. The Morgan fingerprint density at radius 3 is 2.69 bits per heavy atom. The van der Waals surface area contributed by atoms with E-state index < -0.39 is 0 Å². The van der Waals surface area contributed by atoms with Crippen molar-refractivity contribution in [2.75, 3.05) is 0 Å². The highest BCUT2D eigenvalue weighted by Gasteiger charge is 2.12. The number of rotatable bonds is 5. The predicted octanol–water partition coefficient (Wildman–Crippen LogP) is 1.08. The summed E-state index contributed by atoms with van der Waals surface area (Å²) in [5.41, 5.74) is 0.937. The molecule has 1 unspecified atom stereocenters. The Balaban J connectivity index is 2.35. The van der Waals surface area contributed by atoms with Crippen LogP contribution in [0, 0.1) is 0 Å². The Kier molecular flexibility index (Phi) is 4.92. The average Bonchev–Trinajstić information content (AvgIpc) is 2.26. The molecule has 0 saturated heterocycles. The summed E-state index contributed by atoms with van der Waals surface area (Å²) in [6, 6.07) is 5.71. The van der Waals surface area contributed by atoms with E-state index in [0.717, 1.165) is 5.69 Å². The van der Waals surface area contributed by atoms with Crippen LogP contribution in [0.25, 0.3) is 0 Å². The zero-order valence-corrected chi connectivity index (χ0v) is 10.0. The van der Waals surface area contributed by atoms with Gasteiger partial charge in [-0.3, -0.25) is 9.78 Å². The summed E-state index contributed by atoms with van der Waals surface area (Å²) in [6.07, 6.45) is 1.75. The number of aromatic nitrogens is 1. The second-order valence-electron chi connectivity index (χ2n) is 4.09. The molecule has 0 aromatic carbocycles. The third-order valence-corrected chi connectivity index (χ3v) is 2.14. The summed E-state index contributed by atoms with van der Waals surface area (Å²) in [5.74, 6) is 0.0194. The van der Waals surface area contributed by atoms with Crippen molar-refractivity contribution >= 4 is 5.91 Å². The minimum absolute atomic E-state index is 0.0194. The number of nitrogens with one attached hydrogen (secondary N) is 2. The maximum atomic E-state index is 11.6. The molecule has 1 aromatic heterocycles. The Morgan fingerprint density at radius 1 is 1.38 bits per heavy atom. The first-order valence-electron chi connectivity index (χ1n) is 5.53. The van der Waals surface area contributed by atoms with E-state index in [1.807, 2.05) is 39.0 Å². The number of carbonyl (C=O) groups excluding carboxylic acids is 1. The standard InChI is InChI=1S/C12H19N3O/c1-9(2)15-12(16)10(3)14-8-11-6-4-5-7-13-11/h4-7,9-10,14H,8H2,1-3H3,(H,15,16). The molecule has 0 aliphatic rings. The van der Waals surface area contributed by atoms with Gasteiger partial charge in [0.25, 0.3) is 0 Å². The molecule has 0 aliphatic heterocycles. The number of carbonyl (C=O) groups is 1. The highest BCUT2D eigenvalue weighted by atomic mass is 16.2. The van der Waals surface area contributed by atoms with Gasteiger partial charge in [-0.1, -0.05) is 6.07 Å². The van der Waals surface area contributed by atoms with Crippen LogP contribution in [0.5, 0.6) is 0 Å². The number of hydrogen-bond donors (Lipinski definition) is 2. The Hall–Kier alpha value is -1.42. The summed E-state index contributed by atoms with van der Waals surface area (Å²) in [7, 11) is 0. The van der Waals surface area contributed by atoms with Crippen molar-refractivity contribution in [3.05, 3.63) is 30.1 Å². The van der Waals surface area contributed by atoms with E-state index in [9.17, 15) is 4.79 Å². The van der Waals surface area contributed by atoms with Crippen LogP contribution < -0.4 is 10.6 Å². The summed E-state index contributed by atoms with van der Waals surface area (Å²) >= 11 is 0. The molecule has 0 fully saturated rings. The second-order valence-corrected chi connectivity index (χ2v) is 4.09. The molecule has 0 aliphatic carbocycles. The van der Waals surface area contributed by atoms with Crippen LogP contribution in [0.2, 0.25) is 0 Å². The highest BCUT2D eigenvalue weighted by Crippen LogP contribution is 1.94. The van der Waals surface area contributed by atoms with E-state index >= 15 is 0 Å². The van der Waals surface area contributed by atoms with Gasteiger partial charge in [0, 0.05) is 18.8 Å². The van der Waals surface area contributed by atoms with Crippen molar-refractivity contribution in [1.29, 1.82) is 0 Å². The monoisotopic (exact) mass is 221 g/mol. The van der Waals surface area contributed by atoms with Crippen LogP contribution >= 0.6 is 0 Å². The lowest BCUT2D eigenvalue weighted by Gasteiger charge is -2.15. The smallest absolute Gasteiger partial charge is 0.237 e. The van der Waals surface area contributed by atoms with Crippen molar-refractivity contribution in [1.82, 2.24) is 15.6 Å². The zero-order valence-electron chi connectivity index (χ0n) is 10.0. The molecule has 0 bridgehead atoms. The quantitative estimate of drug-likeness (QED) is 0.782. The largest absolute Gasteiger partial charge is 0.353 e. The van der Waals surface area contributed by atoms with E-state index in [2.05, 4.69) is 15.6 Å². The first-order chi connectivity index (χ1) is 7.59. The highest BCUT2D eigenvalue weighted by molar-refractivity contribution is 5.81. The van der Waals surface area contributed by atoms with Crippen LogP contribution in [-0.2, 0) is 11.3 Å². The fourth-order valence-electron chi connectivity index (χ4n) is 1.26. The summed E-state index contributed by atoms with van der Waals surface area (Å²) in [4.78, 5) is 15.8. The molecule has 1 amide bonds. The Morgan fingerprint density at radius 2 is 2.12 bits per heavy atom. The molecule has 1 rings (SSSR count). The first kappa shape index (κ1) is 12.6. The fraction of sp³-hybridized carbons (Fsp3) is 0.500. The molecular formula is C12H19N3O. The second kappa shape index (κ2) is 6.23. The number of hydrogen-bond acceptors (Lipinski definition) is 3. The lowest BCUT2D eigenvalue weighted by atomic mass is 10.2. The third kappa shape index (κ3) is 4.40. The summed E-state index contributed by atoms with van der Waals surface area (Å²) in [5, 5.41) is 5.99. The van der Waals surface area contributed by atoms with Crippen molar-refractivity contribution in [2.45, 2.75) is 39.4 Å². The lowest BCUT2D eigenvalue weighted by molar-refractivity contribution is -0.123. The van der Waals surface area contributed by atoms with Crippen molar-refractivity contribution in [3.63, 3.8) is 0 Å². The van der Waals surface area contributed by atoms with Gasteiger partial charge in [0.2, 0.25) is 5.91 Å². The van der Waals surface area contributed by atoms with Crippen LogP contribution in [0.4, 0.5) is 0 Å². The molecule has 4 heteroatoms. The lowest BCUT2D eigenvalue weighted by Crippen LogP contribution is -2.44. The number of pyridine rings is 1. The van der Waals surface area contributed by atoms with Gasteiger partial charge in [0.15, 0.2) is 0 Å². The Labute approximate surface area is 96.5 Å². The van der Waals surface area contributed by atoms with Crippen LogP contribution in [0.15, 0.2) is 24.4 Å². The van der Waals surface area contributed by atoms with Gasteiger partial charge in [0.1, 0.15) is 0 Å². The van der Waals surface area contributed by atoms with Gasteiger partial charge in [-0.05, 0) is 32.9 Å². The van der Waals surface area contributed by atoms with Crippen molar-refractivity contribution < 1.29 is 4.79 Å². The summed E-state index contributed by atoms with van der Waals surface area (Å²) < 4.78 is 0. The molecule has 0 saturated carbocycles. The molecular weight excluding hydrogens is 202 g/mol. The fourth-order valence-corrected chi connectivity index (χ4v) is 1.26. The van der Waals surface area contributed by atoms with Crippen LogP contribution in [-0.4, -0.2) is 23.0 Å². The summed E-state index contributed by atoms with van der Waals surface area (Å²) in [6.45, 7) is 6.35. The average molecular weight is 221 g/mol. The van der Waals surface area contributed by atoms with Gasteiger partial charge >= 0.3 is 0 Å². The minimum Gasteiger partial charge on any atom is -0.353 e. The molecule has 88 valence electrons. The van der Waals surface area contributed by atoms with E-state index in [1.165, 1.54) is 0 Å².